The summed E-state index contributed by atoms with van der Waals surface area (Å²) in [7, 11) is -0.312. The highest BCUT2D eigenvalue weighted by atomic mass is 28.3. The van der Waals surface area contributed by atoms with E-state index in [4.69, 9.17) is 0 Å². The lowest BCUT2D eigenvalue weighted by atomic mass is 10.1. The highest BCUT2D eigenvalue weighted by Crippen LogP contribution is 2.06. The smallest absolute Gasteiger partial charge is 0.0305 e. The number of benzene rings is 1. The van der Waals surface area contributed by atoms with Gasteiger partial charge in [-0.25, -0.2) is 0 Å². The van der Waals surface area contributed by atoms with Crippen molar-refractivity contribution in [3.63, 3.8) is 0 Å². The Hall–Kier alpha value is -0.603. The Bertz CT molecular complexity index is 209. The van der Waals surface area contributed by atoms with E-state index in [0.717, 1.165) is 0 Å². The fourth-order valence-corrected chi connectivity index (χ4v) is 2.38. The minimum absolute atomic E-state index is 0. The van der Waals surface area contributed by atoms with E-state index >= 15 is 0 Å². The van der Waals surface area contributed by atoms with Crippen LogP contribution in [-0.4, -0.2) is 14.3 Å². The molecule has 2 N–H and O–H groups in total. The van der Waals surface area contributed by atoms with Crippen molar-refractivity contribution in [1.82, 2.24) is 0 Å². The molecule has 0 aliphatic rings. The third-order valence-corrected chi connectivity index (χ3v) is 3.65. The van der Waals surface area contributed by atoms with Crippen molar-refractivity contribution in [2.24, 2.45) is 0 Å². The van der Waals surface area contributed by atoms with Crippen molar-refractivity contribution >= 4 is 8.80 Å². The molecule has 0 saturated heterocycles. The van der Waals surface area contributed by atoms with E-state index in [1.54, 1.807) is 0 Å². The molecule has 0 amide bonds. The molecule has 13 heavy (non-hydrogen) atoms. The summed E-state index contributed by atoms with van der Waals surface area (Å²) < 4.78 is 0. The van der Waals surface area contributed by atoms with Gasteiger partial charge in [0.15, 0.2) is 0 Å². The molecule has 0 unspecified atom stereocenters. The van der Waals surface area contributed by atoms with Crippen LogP contribution in [0.15, 0.2) is 30.3 Å². The second-order valence-corrected chi connectivity index (χ2v) is 7.14. The summed E-state index contributed by atoms with van der Waals surface area (Å²) in [5.74, 6) is 0. The van der Waals surface area contributed by atoms with Crippen molar-refractivity contribution in [2.75, 3.05) is 0 Å². The van der Waals surface area contributed by atoms with Gasteiger partial charge in [0.1, 0.15) is 0 Å². The summed E-state index contributed by atoms with van der Waals surface area (Å²) in [6.45, 7) is 4.84. The molecule has 0 atom stereocenters. The first-order valence-corrected chi connectivity index (χ1v) is 7.95. The Morgan fingerprint density at radius 3 is 2.23 bits per heavy atom. The largest absolute Gasteiger partial charge is 0.412 e. The van der Waals surface area contributed by atoms with Crippen molar-refractivity contribution in [3.05, 3.63) is 35.9 Å². The summed E-state index contributed by atoms with van der Waals surface area (Å²) >= 11 is 0. The van der Waals surface area contributed by atoms with Gasteiger partial charge in [-0.15, -0.1) is 0 Å². The van der Waals surface area contributed by atoms with E-state index in [-0.39, 0.29) is 14.3 Å². The summed E-state index contributed by atoms with van der Waals surface area (Å²) in [6, 6.07) is 12.3. The summed E-state index contributed by atoms with van der Waals surface area (Å²) in [6.07, 6.45) is 2.65. The minimum Gasteiger partial charge on any atom is -0.412 e. The van der Waals surface area contributed by atoms with Crippen molar-refractivity contribution in [1.29, 1.82) is 0 Å². The zero-order valence-electron chi connectivity index (χ0n) is 8.59. The molecule has 0 fully saturated rings. The molecular weight excluding hydrogens is 176 g/mol. The third kappa shape index (κ3) is 5.61. The highest BCUT2D eigenvalue weighted by Gasteiger charge is 1.96. The van der Waals surface area contributed by atoms with Crippen LogP contribution in [0.3, 0.4) is 0 Å². The van der Waals surface area contributed by atoms with Crippen LogP contribution in [0.1, 0.15) is 12.0 Å². The first-order valence-electron chi connectivity index (χ1n) is 4.83. The quantitative estimate of drug-likeness (QED) is 0.662. The Balaban J connectivity index is 0.00000144. The van der Waals surface area contributed by atoms with Gasteiger partial charge in [-0.05, 0) is 12.0 Å². The van der Waals surface area contributed by atoms with Gasteiger partial charge >= 0.3 is 0 Å². The van der Waals surface area contributed by atoms with Crippen molar-refractivity contribution < 1.29 is 5.48 Å². The first-order chi connectivity index (χ1) is 5.79. The molecule has 0 spiro atoms. The van der Waals surface area contributed by atoms with Crippen LogP contribution in [-0.2, 0) is 6.42 Å². The molecule has 2 heteroatoms. The van der Waals surface area contributed by atoms with E-state index in [1.807, 2.05) is 0 Å². The number of hydrogen-bond donors (Lipinski definition) is 0. The maximum atomic E-state index is 2.42. The monoisotopic (exact) mass is 196 g/mol. The van der Waals surface area contributed by atoms with Gasteiger partial charge in [-0.3, -0.25) is 0 Å². The molecule has 0 aliphatic heterocycles. The maximum absolute atomic E-state index is 2.42. The van der Waals surface area contributed by atoms with E-state index in [2.05, 4.69) is 43.4 Å². The Morgan fingerprint density at radius 2 is 1.69 bits per heavy atom. The topological polar surface area (TPSA) is 31.5 Å². The van der Waals surface area contributed by atoms with Crippen LogP contribution in [0.4, 0.5) is 0 Å². The SMILES string of the molecule is C[SiH](C)CCCc1ccccc1.O. The lowest BCUT2D eigenvalue weighted by Crippen LogP contribution is -1.99. The standard InChI is InChI=1S/C11H18Si.H2O/c1-12(2)10-6-9-11-7-4-3-5-8-11;/h3-5,7-8,12H,6,9-10H2,1-2H3;1H2. The molecule has 0 heterocycles. The summed E-state index contributed by atoms with van der Waals surface area (Å²) in [4.78, 5) is 0. The number of rotatable bonds is 4. The average molecular weight is 196 g/mol. The fourth-order valence-electron chi connectivity index (χ4n) is 1.36. The lowest BCUT2D eigenvalue weighted by Gasteiger charge is -2.02. The van der Waals surface area contributed by atoms with E-state index < -0.39 is 0 Å². The third-order valence-electron chi connectivity index (χ3n) is 2.09. The lowest BCUT2D eigenvalue weighted by molar-refractivity contribution is 0.824. The van der Waals surface area contributed by atoms with E-state index in [9.17, 15) is 0 Å². The van der Waals surface area contributed by atoms with Gasteiger partial charge in [0.2, 0.25) is 0 Å². The molecule has 0 aromatic heterocycles. The number of aryl methyl sites for hydroxylation is 1. The molecule has 1 nitrogen and oxygen atoms in total. The second-order valence-electron chi connectivity index (χ2n) is 3.77. The van der Waals surface area contributed by atoms with Gasteiger partial charge in [-0.1, -0.05) is 55.9 Å². The molecule has 0 bridgehead atoms. The fraction of sp³-hybridized carbons (Fsp3) is 0.455. The molecule has 74 valence electrons. The Morgan fingerprint density at radius 1 is 1.08 bits per heavy atom. The van der Waals surface area contributed by atoms with E-state index in [0.29, 0.717) is 0 Å². The van der Waals surface area contributed by atoms with Gasteiger partial charge in [0.25, 0.3) is 0 Å². The Labute approximate surface area is 82.7 Å². The first kappa shape index (κ1) is 12.4. The molecule has 0 saturated carbocycles. The Kier molecular flexibility index (Phi) is 6.55. The van der Waals surface area contributed by atoms with E-state index in [1.165, 1.54) is 24.4 Å². The molecular formula is C11H20OSi. The van der Waals surface area contributed by atoms with Gasteiger partial charge < -0.3 is 5.48 Å². The van der Waals surface area contributed by atoms with Crippen LogP contribution in [0.2, 0.25) is 19.1 Å². The maximum Gasteiger partial charge on any atom is 0.0305 e. The average Bonchev–Trinajstić information content (AvgIpc) is 2.05. The predicted octanol–water partition coefficient (Wildman–Crippen LogP) is 2.28. The van der Waals surface area contributed by atoms with Crippen LogP contribution < -0.4 is 0 Å². The van der Waals surface area contributed by atoms with Crippen LogP contribution in [0.25, 0.3) is 0 Å². The molecule has 1 aromatic rings. The number of hydrogen-bond acceptors (Lipinski definition) is 0. The summed E-state index contributed by atoms with van der Waals surface area (Å²) in [5.41, 5.74) is 1.49. The molecule has 0 radical (unpaired) electrons. The normalized spacial score (nSPS) is 9.77. The summed E-state index contributed by atoms with van der Waals surface area (Å²) in [5, 5.41) is 0. The highest BCUT2D eigenvalue weighted by molar-refractivity contribution is 6.55. The predicted molar refractivity (Wildman–Crippen MR) is 62.1 cm³/mol. The minimum atomic E-state index is -0.312. The molecule has 0 aliphatic carbocycles. The van der Waals surface area contributed by atoms with Crippen molar-refractivity contribution in [3.8, 4) is 0 Å². The van der Waals surface area contributed by atoms with Gasteiger partial charge in [0, 0.05) is 8.80 Å². The molecule has 1 rings (SSSR count). The van der Waals surface area contributed by atoms with Crippen LogP contribution in [0.5, 0.6) is 0 Å². The van der Waals surface area contributed by atoms with Crippen LogP contribution in [0, 0.1) is 0 Å². The zero-order valence-corrected chi connectivity index (χ0v) is 9.74. The second kappa shape index (κ2) is 6.86. The zero-order chi connectivity index (χ0) is 8.81. The van der Waals surface area contributed by atoms with Gasteiger partial charge in [-0.2, -0.15) is 0 Å². The van der Waals surface area contributed by atoms with Crippen LogP contribution >= 0.6 is 0 Å². The van der Waals surface area contributed by atoms with Crippen molar-refractivity contribution in [2.45, 2.75) is 32.0 Å². The van der Waals surface area contributed by atoms with Gasteiger partial charge in [0.05, 0.1) is 0 Å². The molecule has 1 aromatic carbocycles.